The molecule has 1 aromatic carbocycles. The molecule has 1 fully saturated rings. The van der Waals surface area contributed by atoms with Gasteiger partial charge in [-0.15, -0.1) is 11.3 Å². The van der Waals surface area contributed by atoms with Gasteiger partial charge in [-0.05, 0) is 68.8 Å². The van der Waals surface area contributed by atoms with Crippen LogP contribution >= 0.6 is 11.3 Å². The minimum absolute atomic E-state index is 0.0609. The van der Waals surface area contributed by atoms with Crippen LogP contribution in [0, 0.1) is 26.7 Å². The van der Waals surface area contributed by atoms with Crippen LogP contribution in [0.2, 0.25) is 0 Å². The third-order valence-corrected chi connectivity index (χ3v) is 8.63. The van der Waals surface area contributed by atoms with E-state index in [1.54, 1.807) is 30.4 Å². The zero-order valence-corrected chi connectivity index (χ0v) is 20.5. The Labute approximate surface area is 198 Å². The molecule has 2 aromatic heterocycles. The maximum Gasteiger partial charge on any atom is 0.248 e. The quantitative estimate of drug-likeness (QED) is 0.538. The Balaban J connectivity index is 1.53. The predicted octanol–water partition coefficient (Wildman–Crippen LogP) is 4.87. The highest BCUT2D eigenvalue weighted by Gasteiger charge is 2.37. The highest BCUT2D eigenvalue weighted by atomic mass is 32.2. The Morgan fingerprint density at radius 1 is 1.24 bits per heavy atom. The number of aromatic nitrogens is 1. The number of rotatable bonds is 6. The van der Waals surface area contributed by atoms with Crippen LogP contribution in [-0.4, -0.2) is 36.9 Å². The molecule has 3 aromatic rings. The molecule has 174 valence electrons. The molecule has 33 heavy (non-hydrogen) atoms. The minimum Gasteiger partial charge on any atom is -0.355 e. The molecule has 1 aliphatic rings. The Kier molecular flexibility index (Phi) is 6.83. The van der Waals surface area contributed by atoms with E-state index in [0.29, 0.717) is 25.1 Å². The summed E-state index contributed by atoms with van der Waals surface area (Å²) in [6, 6.07) is 9.69. The monoisotopic (exact) mass is 485 g/mol. The number of benzene rings is 1. The number of piperidine rings is 1. The van der Waals surface area contributed by atoms with Gasteiger partial charge in [-0.25, -0.2) is 8.42 Å². The van der Waals surface area contributed by atoms with Gasteiger partial charge >= 0.3 is 0 Å². The van der Waals surface area contributed by atoms with Crippen LogP contribution in [0.15, 0.2) is 45.1 Å². The number of sulfonamides is 1. The fourth-order valence-electron chi connectivity index (χ4n) is 4.04. The van der Waals surface area contributed by atoms with Crippen LogP contribution in [0.3, 0.4) is 0 Å². The van der Waals surface area contributed by atoms with Gasteiger partial charge in [0.05, 0.1) is 5.92 Å². The number of nitrogens with zero attached hydrogens (tertiary/aromatic N) is 2. The van der Waals surface area contributed by atoms with Crippen molar-refractivity contribution in [1.29, 1.82) is 0 Å². The fourth-order valence-corrected chi connectivity index (χ4v) is 6.43. The second-order valence-corrected chi connectivity index (χ2v) is 11.2. The van der Waals surface area contributed by atoms with Crippen LogP contribution in [0.1, 0.15) is 40.3 Å². The maximum absolute atomic E-state index is 13.5. The van der Waals surface area contributed by atoms with E-state index in [0.717, 1.165) is 21.7 Å². The van der Waals surface area contributed by atoms with E-state index in [2.05, 4.69) is 10.5 Å². The molecule has 0 bridgehead atoms. The van der Waals surface area contributed by atoms with Gasteiger partial charge in [0.1, 0.15) is 5.69 Å². The second kappa shape index (κ2) is 9.62. The Morgan fingerprint density at radius 3 is 2.79 bits per heavy atom. The summed E-state index contributed by atoms with van der Waals surface area (Å²) in [5.74, 6) is -0.399. The lowest BCUT2D eigenvalue weighted by atomic mass is 9.98. The molecule has 1 unspecified atom stereocenters. The summed E-state index contributed by atoms with van der Waals surface area (Å²) in [4.78, 5) is 14.0. The van der Waals surface area contributed by atoms with E-state index in [4.69, 9.17) is 4.52 Å². The first-order chi connectivity index (χ1) is 15.8. The van der Waals surface area contributed by atoms with Gasteiger partial charge in [-0.2, -0.15) is 4.31 Å². The summed E-state index contributed by atoms with van der Waals surface area (Å²) in [7, 11) is -3.87. The number of thiophene rings is 1. The van der Waals surface area contributed by atoms with Crippen molar-refractivity contribution in [2.45, 2.75) is 38.5 Å². The molecule has 1 N–H and O–H groups in total. The summed E-state index contributed by atoms with van der Waals surface area (Å²) in [6.45, 7) is 6.04. The largest absolute Gasteiger partial charge is 0.355 e. The normalized spacial score (nSPS) is 17.5. The number of hydrogen-bond acceptors (Lipinski definition) is 6. The Bertz CT molecular complexity index is 1280. The van der Waals surface area contributed by atoms with Crippen LogP contribution in [0.5, 0.6) is 0 Å². The number of nitrogens with one attached hydrogen (secondary N) is 1. The van der Waals surface area contributed by atoms with Crippen molar-refractivity contribution in [1.82, 2.24) is 9.46 Å². The topological polar surface area (TPSA) is 92.5 Å². The van der Waals surface area contributed by atoms with Crippen molar-refractivity contribution >= 4 is 45.1 Å². The van der Waals surface area contributed by atoms with E-state index in [1.807, 2.05) is 49.6 Å². The molecule has 1 saturated heterocycles. The van der Waals surface area contributed by atoms with Gasteiger partial charge in [-0.1, -0.05) is 28.9 Å². The molecular formula is C24H27N3O4S2. The summed E-state index contributed by atoms with van der Waals surface area (Å²) in [6.07, 6.45) is 4.68. The van der Waals surface area contributed by atoms with Crippen molar-refractivity contribution in [3.05, 3.63) is 63.2 Å². The number of hydrogen-bond donors (Lipinski definition) is 1. The molecular weight excluding hydrogens is 458 g/mol. The average Bonchev–Trinajstić information content (AvgIpc) is 3.44. The van der Waals surface area contributed by atoms with Gasteiger partial charge in [0, 0.05) is 23.7 Å². The smallest absolute Gasteiger partial charge is 0.248 e. The van der Waals surface area contributed by atoms with Crippen LogP contribution in [-0.2, 0) is 14.8 Å². The number of amides is 1. The Hall–Kier alpha value is -2.75. The first kappa shape index (κ1) is 23.4. The van der Waals surface area contributed by atoms with E-state index >= 15 is 0 Å². The molecule has 1 atom stereocenters. The molecule has 0 radical (unpaired) electrons. The minimum atomic E-state index is -3.87. The summed E-state index contributed by atoms with van der Waals surface area (Å²) in [5.41, 5.74) is 3.16. The van der Waals surface area contributed by atoms with Gasteiger partial charge < -0.3 is 9.84 Å². The molecule has 0 spiro atoms. The summed E-state index contributed by atoms with van der Waals surface area (Å²) in [5, 5.41) is 8.81. The molecule has 0 saturated carbocycles. The highest BCUT2D eigenvalue weighted by molar-refractivity contribution is 7.89. The van der Waals surface area contributed by atoms with E-state index < -0.39 is 15.9 Å². The van der Waals surface area contributed by atoms with Crippen molar-refractivity contribution in [3.63, 3.8) is 0 Å². The van der Waals surface area contributed by atoms with Crippen molar-refractivity contribution in [3.8, 4) is 0 Å². The number of aryl methyl sites for hydroxylation is 3. The molecule has 4 rings (SSSR count). The number of carbonyl (C=O) groups is 1. The standard InChI is InChI=1S/C24H27N3O4S2/c1-16-8-10-21(17(2)14-16)25-24(28)19-6-4-12-27(15-19)33(29,30)23-18(3)26-31-22(23)11-9-20-7-5-13-32-20/h5,7-11,13-14,19H,4,6,12,15H2,1-3H3,(H,25,28). The first-order valence-electron chi connectivity index (χ1n) is 10.8. The first-order valence-corrected chi connectivity index (χ1v) is 13.1. The fraction of sp³-hybridized carbons (Fsp3) is 0.333. The van der Waals surface area contributed by atoms with Crippen molar-refractivity contribution in [2.75, 3.05) is 18.4 Å². The molecule has 1 aliphatic heterocycles. The second-order valence-electron chi connectivity index (χ2n) is 8.32. The highest BCUT2D eigenvalue weighted by Crippen LogP contribution is 2.30. The average molecular weight is 486 g/mol. The zero-order chi connectivity index (χ0) is 23.6. The van der Waals surface area contributed by atoms with Gasteiger partial charge in [0.2, 0.25) is 15.9 Å². The number of carbonyl (C=O) groups excluding carboxylic acids is 1. The number of anilines is 1. The molecule has 3 heterocycles. The lowest BCUT2D eigenvalue weighted by molar-refractivity contribution is -0.120. The van der Waals surface area contributed by atoms with E-state index in [9.17, 15) is 13.2 Å². The van der Waals surface area contributed by atoms with Crippen molar-refractivity contribution < 1.29 is 17.7 Å². The van der Waals surface area contributed by atoms with E-state index in [-0.39, 0.29) is 23.1 Å². The third-order valence-electron chi connectivity index (χ3n) is 5.77. The lowest BCUT2D eigenvalue weighted by Gasteiger charge is -2.31. The zero-order valence-electron chi connectivity index (χ0n) is 18.9. The summed E-state index contributed by atoms with van der Waals surface area (Å²) < 4.78 is 33.8. The molecule has 7 nitrogen and oxygen atoms in total. The molecule has 0 aliphatic carbocycles. The predicted molar refractivity (Wildman–Crippen MR) is 131 cm³/mol. The van der Waals surface area contributed by atoms with Gasteiger partial charge in [0.25, 0.3) is 0 Å². The van der Waals surface area contributed by atoms with Crippen molar-refractivity contribution in [2.24, 2.45) is 5.92 Å². The SMILES string of the molecule is Cc1ccc(NC(=O)C2CCCN(S(=O)(=O)c3c(C)noc3C=Cc3cccs3)C2)c(C)c1. The van der Waals surface area contributed by atoms with Gasteiger partial charge in [0.15, 0.2) is 10.7 Å². The molecule has 1 amide bonds. The third kappa shape index (κ3) is 5.10. The maximum atomic E-state index is 13.5. The van der Waals surface area contributed by atoms with Crippen LogP contribution < -0.4 is 5.32 Å². The van der Waals surface area contributed by atoms with Crippen LogP contribution in [0.25, 0.3) is 12.2 Å². The lowest BCUT2D eigenvalue weighted by Crippen LogP contribution is -2.44. The Morgan fingerprint density at radius 2 is 2.06 bits per heavy atom. The molecule has 9 heteroatoms. The van der Waals surface area contributed by atoms with Crippen LogP contribution in [0.4, 0.5) is 5.69 Å². The van der Waals surface area contributed by atoms with Gasteiger partial charge in [-0.3, -0.25) is 4.79 Å². The summed E-state index contributed by atoms with van der Waals surface area (Å²) >= 11 is 1.54. The van der Waals surface area contributed by atoms with E-state index in [1.165, 1.54) is 4.31 Å².